The molecule has 0 unspecified atom stereocenters. The first-order valence-corrected chi connectivity index (χ1v) is 7.71. The van der Waals surface area contributed by atoms with Gasteiger partial charge >= 0.3 is 6.03 Å². The zero-order chi connectivity index (χ0) is 17.3. The Morgan fingerprint density at radius 3 is 2.42 bits per heavy atom. The van der Waals surface area contributed by atoms with Gasteiger partial charge in [-0.2, -0.15) is 0 Å². The number of aromatic hydroxyl groups is 1. The van der Waals surface area contributed by atoms with Crippen molar-refractivity contribution in [3.05, 3.63) is 64.1 Å². The zero-order valence-corrected chi connectivity index (χ0v) is 13.8. The first kappa shape index (κ1) is 15.9. The summed E-state index contributed by atoms with van der Waals surface area (Å²) in [6.45, 7) is 0. The minimum absolute atomic E-state index is 0.00820. The monoisotopic (exact) mass is 386 g/mol. The summed E-state index contributed by atoms with van der Waals surface area (Å²) in [5.74, 6) is -1.50. The maximum atomic E-state index is 12.6. The summed E-state index contributed by atoms with van der Waals surface area (Å²) < 4.78 is 0.794. The molecular formula is C17H11BrN2O4. The number of carbonyl (C=O) groups excluding carboxylic acids is 3. The third kappa shape index (κ3) is 3.07. The van der Waals surface area contributed by atoms with Crippen LogP contribution in [0.4, 0.5) is 10.5 Å². The molecule has 1 saturated heterocycles. The Hall–Kier alpha value is -2.93. The number of hydrogen-bond acceptors (Lipinski definition) is 4. The summed E-state index contributed by atoms with van der Waals surface area (Å²) in [7, 11) is 0. The number of imide groups is 2. The average molecular weight is 387 g/mol. The van der Waals surface area contributed by atoms with Crippen LogP contribution in [0, 0.1) is 0 Å². The number of nitrogens with one attached hydrogen (secondary N) is 1. The Labute approximate surface area is 145 Å². The fraction of sp³-hybridized carbons (Fsp3) is 0. The van der Waals surface area contributed by atoms with Gasteiger partial charge in [0.25, 0.3) is 11.8 Å². The molecule has 2 aromatic carbocycles. The minimum atomic E-state index is -0.805. The van der Waals surface area contributed by atoms with E-state index in [1.807, 2.05) is 0 Å². The highest BCUT2D eigenvalue weighted by molar-refractivity contribution is 9.10. The fourth-order valence-corrected chi connectivity index (χ4v) is 2.53. The zero-order valence-electron chi connectivity index (χ0n) is 12.2. The first-order chi connectivity index (χ1) is 11.5. The van der Waals surface area contributed by atoms with Gasteiger partial charge in [-0.3, -0.25) is 14.9 Å². The summed E-state index contributed by atoms with van der Waals surface area (Å²) >= 11 is 3.28. The molecule has 0 saturated carbocycles. The minimum Gasteiger partial charge on any atom is -0.508 e. The quantitative estimate of drug-likeness (QED) is 0.613. The number of phenols is 1. The Kier molecular flexibility index (Phi) is 4.18. The van der Waals surface area contributed by atoms with Crippen LogP contribution in [-0.4, -0.2) is 23.0 Å². The molecule has 0 radical (unpaired) electrons. The van der Waals surface area contributed by atoms with Crippen molar-refractivity contribution < 1.29 is 19.5 Å². The van der Waals surface area contributed by atoms with Gasteiger partial charge in [-0.1, -0.05) is 28.1 Å². The maximum Gasteiger partial charge on any atom is 0.335 e. The third-order valence-electron chi connectivity index (χ3n) is 3.37. The molecule has 0 bridgehead atoms. The number of carbonyl (C=O) groups is 3. The van der Waals surface area contributed by atoms with E-state index >= 15 is 0 Å². The molecule has 1 aliphatic heterocycles. The van der Waals surface area contributed by atoms with Crippen molar-refractivity contribution in [3.63, 3.8) is 0 Å². The van der Waals surface area contributed by atoms with Gasteiger partial charge in [-0.15, -0.1) is 0 Å². The summed E-state index contributed by atoms with van der Waals surface area (Å²) in [6, 6.07) is 11.8. The normalized spacial score (nSPS) is 16.5. The van der Waals surface area contributed by atoms with Crippen molar-refractivity contribution in [2.24, 2.45) is 0 Å². The number of rotatable bonds is 2. The highest BCUT2D eigenvalue weighted by atomic mass is 79.9. The van der Waals surface area contributed by atoms with Crippen LogP contribution in [0.3, 0.4) is 0 Å². The van der Waals surface area contributed by atoms with Gasteiger partial charge in [0.15, 0.2) is 0 Å². The van der Waals surface area contributed by atoms with Gasteiger partial charge in [0.2, 0.25) is 0 Å². The standard InChI is InChI=1S/C17H11BrN2O4/c18-11-4-6-12(7-5-11)20-16(23)14(15(22)19-17(20)24)9-10-2-1-3-13(21)8-10/h1-9,21H,(H,19,22,24)/b14-9+. The summed E-state index contributed by atoms with van der Waals surface area (Å²) in [5.41, 5.74) is 0.622. The van der Waals surface area contributed by atoms with Crippen LogP contribution < -0.4 is 10.2 Å². The van der Waals surface area contributed by atoms with Crippen LogP contribution in [0.5, 0.6) is 5.75 Å². The largest absolute Gasteiger partial charge is 0.508 e. The van der Waals surface area contributed by atoms with Crippen LogP contribution in [0.1, 0.15) is 5.56 Å². The van der Waals surface area contributed by atoms with Crippen LogP contribution >= 0.6 is 15.9 Å². The predicted molar refractivity (Wildman–Crippen MR) is 91.3 cm³/mol. The van der Waals surface area contributed by atoms with E-state index in [0.717, 1.165) is 9.37 Å². The van der Waals surface area contributed by atoms with E-state index in [1.54, 1.807) is 36.4 Å². The topological polar surface area (TPSA) is 86.7 Å². The van der Waals surface area contributed by atoms with Crippen molar-refractivity contribution in [3.8, 4) is 5.75 Å². The fourth-order valence-electron chi connectivity index (χ4n) is 2.26. The van der Waals surface area contributed by atoms with E-state index in [9.17, 15) is 19.5 Å². The lowest BCUT2D eigenvalue weighted by molar-refractivity contribution is -0.122. The molecule has 1 fully saturated rings. The number of anilines is 1. The molecule has 0 aliphatic carbocycles. The second-order valence-electron chi connectivity index (χ2n) is 5.03. The SMILES string of the molecule is O=C1NC(=O)N(c2ccc(Br)cc2)C(=O)/C1=C/c1cccc(O)c1. The Morgan fingerprint density at radius 2 is 1.75 bits per heavy atom. The summed E-state index contributed by atoms with van der Waals surface area (Å²) in [6.07, 6.45) is 1.33. The number of urea groups is 1. The molecule has 6 nitrogen and oxygen atoms in total. The van der Waals surface area contributed by atoms with E-state index in [-0.39, 0.29) is 11.3 Å². The molecule has 3 rings (SSSR count). The maximum absolute atomic E-state index is 12.6. The van der Waals surface area contributed by atoms with E-state index in [1.165, 1.54) is 18.2 Å². The van der Waals surface area contributed by atoms with Crippen LogP contribution in [-0.2, 0) is 9.59 Å². The highest BCUT2D eigenvalue weighted by Gasteiger charge is 2.36. The summed E-state index contributed by atoms with van der Waals surface area (Å²) in [5, 5.41) is 11.6. The number of halogens is 1. The Bertz CT molecular complexity index is 874. The lowest BCUT2D eigenvalue weighted by Crippen LogP contribution is -2.54. The molecule has 0 atom stereocenters. The number of phenolic OH excluding ortho intramolecular Hbond substituents is 1. The first-order valence-electron chi connectivity index (χ1n) is 6.92. The van der Waals surface area contributed by atoms with Gasteiger partial charge in [0.1, 0.15) is 11.3 Å². The Morgan fingerprint density at radius 1 is 1.04 bits per heavy atom. The summed E-state index contributed by atoms with van der Waals surface area (Å²) in [4.78, 5) is 37.6. The molecule has 120 valence electrons. The number of barbiturate groups is 1. The molecular weight excluding hydrogens is 376 g/mol. The van der Waals surface area contributed by atoms with Gasteiger partial charge in [0.05, 0.1) is 5.69 Å². The van der Waals surface area contributed by atoms with Crippen molar-refractivity contribution in [2.45, 2.75) is 0 Å². The number of nitrogens with zero attached hydrogens (tertiary/aromatic N) is 1. The number of benzene rings is 2. The van der Waals surface area contributed by atoms with E-state index in [0.29, 0.717) is 11.3 Å². The van der Waals surface area contributed by atoms with Gasteiger partial charge in [-0.25, -0.2) is 9.69 Å². The van der Waals surface area contributed by atoms with E-state index < -0.39 is 17.8 Å². The van der Waals surface area contributed by atoms with Gasteiger partial charge in [0, 0.05) is 4.47 Å². The number of hydrogen-bond donors (Lipinski definition) is 2. The third-order valence-corrected chi connectivity index (χ3v) is 3.90. The average Bonchev–Trinajstić information content (AvgIpc) is 2.53. The molecule has 0 spiro atoms. The van der Waals surface area contributed by atoms with Crippen LogP contribution in [0.15, 0.2) is 58.6 Å². The van der Waals surface area contributed by atoms with Crippen molar-refractivity contribution in [1.82, 2.24) is 5.32 Å². The van der Waals surface area contributed by atoms with Crippen LogP contribution in [0.2, 0.25) is 0 Å². The molecule has 2 N–H and O–H groups in total. The van der Waals surface area contributed by atoms with Crippen molar-refractivity contribution in [2.75, 3.05) is 4.90 Å². The lowest BCUT2D eigenvalue weighted by atomic mass is 10.1. The molecule has 1 heterocycles. The van der Waals surface area contributed by atoms with Crippen LogP contribution in [0.25, 0.3) is 6.08 Å². The predicted octanol–water partition coefficient (Wildman–Crippen LogP) is 2.82. The Balaban J connectivity index is 2.01. The van der Waals surface area contributed by atoms with Crippen molar-refractivity contribution >= 4 is 45.5 Å². The van der Waals surface area contributed by atoms with Crippen molar-refractivity contribution in [1.29, 1.82) is 0 Å². The smallest absolute Gasteiger partial charge is 0.335 e. The van der Waals surface area contributed by atoms with Gasteiger partial charge in [-0.05, 0) is 48.0 Å². The molecule has 1 aliphatic rings. The second kappa shape index (κ2) is 6.29. The van der Waals surface area contributed by atoms with E-state index in [2.05, 4.69) is 21.2 Å². The van der Waals surface area contributed by atoms with E-state index in [4.69, 9.17) is 0 Å². The lowest BCUT2D eigenvalue weighted by Gasteiger charge is -2.26. The second-order valence-corrected chi connectivity index (χ2v) is 5.94. The van der Waals surface area contributed by atoms with Gasteiger partial charge < -0.3 is 5.11 Å². The highest BCUT2D eigenvalue weighted by Crippen LogP contribution is 2.24. The molecule has 0 aromatic heterocycles. The molecule has 4 amide bonds. The molecule has 2 aromatic rings. The number of amides is 4. The molecule has 7 heteroatoms. The molecule has 24 heavy (non-hydrogen) atoms.